The molecule has 1 saturated heterocycles. The van der Waals surface area contributed by atoms with Crippen molar-refractivity contribution in [3.8, 4) is 0 Å². The van der Waals surface area contributed by atoms with E-state index in [1.54, 1.807) is 0 Å². The molecule has 120 valence electrons. The molecule has 1 heterocycles. The summed E-state index contributed by atoms with van der Waals surface area (Å²) >= 11 is 0. The molecule has 1 rings (SSSR count). The fourth-order valence-corrected chi connectivity index (χ4v) is 2.53. The van der Waals surface area contributed by atoms with Gasteiger partial charge in [0.25, 0.3) is 0 Å². The average molecular weight is 299 g/mol. The molecule has 0 bridgehead atoms. The lowest BCUT2D eigenvalue weighted by atomic mass is 9.76. The van der Waals surface area contributed by atoms with Crippen LogP contribution in [-0.2, 0) is 9.59 Å². The first-order valence-corrected chi connectivity index (χ1v) is 7.35. The molecule has 1 aliphatic rings. The van der Waals surface area contributed by atoms with Gasteiger partial charge in [-0.25, -0.2) is 4.79 Å². The highest BCUT2D eigenvalue weighted by Crippen LogP contribution is 2.34. The first-order chi connectivity index (χ1) is 9.79. The van der Waals surface area contributed by atoms with Crippen LogP contribution in [0.2, 0.25) is 0 Å². The summed E-state index contributed by atoms with van der Waals surface area (Å²) in [5.41, 5.74) is -0.665. The van der Waals surface area contributed by atoms with Crippen molar-refractivity contribution in [2.24, 2.45) is 5.41 Å². The molecule has 7 nitrogen and oxygen atoms in total. The Morgan fingerprint density at radius 2 is 1.81 bits per heavy atom. The molecule has 0 aromatic carbocycles. The summed E-state index contributed by atoms with van der Waals surface area (Å²) in [7, 11) is 0. The van der Waals surface area contributed by atoms with Gasteiger partial charge in [-0.1, -0.05) is 6.92 Å². The van der Waals surface area contributed by atoms with E-state index in [0.717, 1.165) is 0 Å². The molecule has 1 aliphatic heterocycles. The first-order valence-electron chi connectivity index (χ1n) is 7.35. The second-order valence-electron chi connectivity index (χ2n) is 5.89. The Balaban J connectivity index is 2.40. The number of carbonyl (C=O) groups is 3. The molecule has 21 heavy (non-hydrogen) atoms. The smallest absolute Gasteiger partial charge is 0.321 e. The molecule has 0 radical (unpaired) electrons. The summed E-state index contributed by atoms with van der Waals surface area (Å²) < 4.78 is 0. The van der Waals surface area contributed by atoms with Crippen LogP contribution in [-0.4, -0.2) is 53.6 Å². The molecular weight excluding hydrogens is 274 g/mol. The number of aliphatic carboxylic acids is 1. The zero-order valence-electron chi connectivity index (χ0n) is 12.9. The van der Waals surface area contributed by atoms with Gasteiger partial charge in [-0.15, -0.1) is 0 Å². The van der Waals surface area contributed by atoms with Crippen LogP contribution >= 0.6 is 0 Å². The molecule has 0 unspecified atom stereocenters. The lowest BCUT2D eigenvalue weighted by molar-refractivity contribution is -0.152. The summed E-state index contributed by atoms with van der Waals surface area (Å²) in [4.78, 5) is 36.4. The summed E-state index contributed by atoms with van der Waals surface area (Å²) in [6.07, 6.45) is 1.66. The number of nitrogens with one attached hydrogen (secondary N) is 2. The van der Waals surface area contributed by atoms with E-state index in [0.29, 0.717) is 32.4 Å². The molecule has 0 atom stereocenters. The standard InChI is InChI=1S/C14H25N3O4/c1-4-14(12(19)20)5-7-17(8-6-14)9-11(18)16-13(21)15-10(2)3/h10H,4-9H2,1-3H3,(H,19,20)(H2,15,16,18,21). The molecule has 0 aliphatic carbocycles. The molecule has 3 amide bonds. The van der Waals surface area contributed by atoms with E-state index in [-0.39, 0.29) is 18.5 Å². The predicted molar refractivity (Wildman–Crippen MR) is 77.8 cm³/mol. The van der Waals surface area contributed by atoms with Gasteiger partial charge in [0.05, 0.1) is 12.0 Å². The first kappa shape index (κ1) is 17.4. The number of rotatable bonds is 5. The van der Waals surface area contributed by atoms with Crippen LogP contribution in [0, 0.1) is 5.41 Å². The van der Waals surface area contributed by atoms with Gasteiger partial charge in [-0.2, -0.15) is 0 Å². The average Bonchev–Trinajstić information content (AvgIpc) is 2.38. The minimum atomic E-state index is -0.759. The van der Waals surface area contributed by atoms with E-state index in [1.165, 1.54) is 0 Å². The number of imide groups is 1. The Hall–Kier alpha value is -1.63. The van der Waals surface area contributed by atoms with Crippen molar-refractivity contribution < 1.29 is 19.5 Å². The number of piperidine rings is 1. The molecule has 7 heteroatoms. The van der Waals surface area contributed by atoms with Gasteiger partial charge in [-0.3, -0.25) is 19.8 Å². The number of urea groups is 1. The highest BCUT2D eigenvalue weighted by Gasteiger charge is 2.40. The van der Waals surface area contributed by atoms with Crippen molar-refractivity contribution in [2.75, 3.05) is 19.6 Å². The van der Waals surface area contributed by atoms with Crippen LogP contribution in [0.1, 0.15) is 40.0 Å². The highest BCUT2D eigenvalue weighted by atomic mass is 16.4. The second-order valence-corrected chi connectivity index (χ2v) is 5.89. The maximum absolute atomic E-state index is 11.7. The largest absolute Gasteiger partial charge is 0.481 e. The zero-order chi connectivity index (χ0) is 16.0. The van der Waals surface area contributed by atoms with E-state index >= 15 is 0 Å². The molecule has 0 saturated carbocycles. The van der Waals surface area contributed by atoms with Gasteiger partial charge < -0.3 is 10.4 Å². The van der Waals surface area contributed by atoms with Crippen LogP contribution in [0.25, 0.3) is 0 Å². The minimum absolute atomic E-state index is 0.0338. The number of likely N-dealkylation sites (tertiary alicyclic amines) is 1. The van der Waals surface area contributed by atoms with Crippen molar-refractivity contribution in [2.45, 2.75) is 46.1 Å². The minimum Gasteiger partial charge on any atom is -0.481 e. The molecule has 0 aromatic rings. The zero-order valence-corrected chi connectivity index (χ0v) is 12.9. The van der Waals surface area contributed by atoms with Gasteiger partial charge in [-0.05, 0) is 46.2 Å². The lowest BCUT2D eigenvalue weighted by Crippen LogP contribution is -2.49. The van der Waals surface area contributed by atoms with Crippen LogP contribution < -0.4 is 10.6 Å². The van der Waals surface area contributed by atoms with E-state index < -0.39 is 17.4 Å². The van der Waals surface area contributed by atoms with Crippen molar-refractivity contribution in [3.05, 3.63) is 0 Å². The number of hydrogen-bond donors (Lipinski definition) is 3. The molecular formula is C14H25N3O4. The Labute approximate surface area is 125 Å². The number of carboxylic acids is 1. The van der Waals surface area contributed by atoms with Crippen LogP contribution in [0.3, 0.4) is 0 Å². The van der Waals surface area contributed by atoms with Crippen molar-refractivity contribution in [1.29, 1.82) is 0 Å². The lowest BCUT2D eigenvalue weighted by Gasteiger charge is -2.37. The summed E-state index contributed by atoms with van der Waals surface area (Å²) in [6.45, 7) is 6.73. The predicted octanol–water partition coefficient (Wildman–Crippen LogP) is 0.797. The van der Waals surface area contributed by atoms with E-state index in [9.17, 15) is 19.5 Å². The normalized spacial score (nSPS) is 18.3. The monoisotopic (exact) mass is 299 g/mol. The highest BCUT2D eigenvalue weighted by molar-refractivity contribution is 5.95. The van der Waals surface area contributed by atoms with Gasteiger partial charge in [0, 0.05) is 6.04 Å². The third kappa shape index (κ3) is 5.00. The van der Waals surface area contributed by atoms with Gasteiger partial charge >= 0.3 is 12.0 Å². The topological polar surface area (TPSA) is 98.7 Å². The Kier molecular flexibility index (Phi) is 6.14. The van der Waals surface area contributed by atoms with Crippen LogP contribution in [0.15, 0.2) is 0 Å². The molecule has 3 N–H and O–H groups in total. The van der Waals surface area contributed by atoms with Crippen LogP contribution in [0.5, 0.6) is 0 Å². The van der Waals surface area contributed by atoms with Gasteiger partial charge in [0.15, 0.2) is 0 Å². The Morgan fingerprint density at radius 3 is 2.24 bits per heavy atom. The number of carboxylic acid groups (broad SMARTS) is 1. The number of amides is 3. The van der Waals surface area contributed by atoms with E-state index in [2.05, 4.69) is 10.6 Å². The quantitative estimate of drug-likeness (QED) is 0.697. The van der Waals surface area contributed by atoms with Crippen LogP contribution in [0.4, 0.5) is 4.79 Å². The Morgan fingerprint density at radius 1 is 1.24 bits per heavy atom. The van der Waals surface area contributed by atoms with Gasteiger partial charge in [0.2, 0.25) is 5.91 Å². The molecule has 0 aromatic heterocycles. The summed E-state index contributed by atoms with van der Waals surface area (Å²) in [5.74, 6) is -1.13. The molecule has 1 fully saturated rings. The van der Waals surface area contributed by atoms with E-state index in [1.807, 2.05) is 25.7 Å². The maximum Gasteiger partial charge on any atom is 0.321 e. The summed E-state index contributed by atoms with van der Waals surface area (Å²) in [6, 6.07) is -0.533. The fraction of sp³-hybridized carbons (Fsp3) is 0.786. The number of hydrogen-bond acceptors (Lipinski definition) is 4. The second kappa shape index (κ2) is 7.40. The third-order valence-electron chi connectivity index (χ3n) is 3.98. The number of carbonyl (C=O) groups excluding carboxylic acids is 2. The van der Waals surface area contributed by atoms with Crippen molar-refractivity contribution in [1.82, 2.24) is 15.5 Å². The third-order valence-corrected chi connectivity index (χ3v) is 3.98. The van der Waals surface area contributed by atoms with Crippen molar-refractivity contribution >= 4 is 17.9 Å². The van der Waals surface area contributed by atoms with Gasteiger partial charge in [0.1, 0.15) is 0 Å². The maximum atomic E-state index is 11.7. The fourth-order valence-electron chi connectivity index (χ4n) is 2.53. The Bertz CT molecular complexity index is 401. The van der Waals surface area contributed by atoms with Crippen molar-refractivity contribution in [3.63, 3.8) is 0 Å². The molecule has 0 spiro atoms. The SMILES string of the molecule is CCC1(C(=O)O)CCN(CC(=O)NC(=O)NC(C)C)CC1. The number of nitrogens with zero attached hydrogens (tertiary/aromatic N) is 1. The summed E-state index contributed by atoms with van der Waals surface area (Å²) in [5, 5.41) is 14.2. The van der Waals surface area contributed by atoms with E-state index in [4.69, 9.17) is 0 Å².